The zero-order chi connectivity index (χ0) is 17.1. The lowest BCUT2D eigenvalue weighted by atomic mass is 10.1. The average molecular weight is 327 g/mol. The van der Waals surface area contributed by atoms with Gasteiger partial charge in [-0.05, 0) is 31.5 Å². The van der Waals surface area contributed by atoms with E-state index in [1.54, 1.807) is 0 Å². The lowest BCUT2D eigenvalue weighted by molar-refractivity contribution is 0.254. The highest BCUT2D eigenvalue weighted by Gasteiger charge is 2.13. The van der Waals surface area contributed by atoms with Crippen LogP contribution >= 0.6 is 0 Å². The molecule has 0 aliphatic heterocycles. The van der Waals surface area contributed by atoms with Crippen molar-refractivity contribution in [2.75, 3.05) is 7.05 Å². The van der Waals surface area contributed by atoms with E-state index >= 15 is 0 Å². The average Bonchev–Trinajstić information content (AvgIpc) is 3.11. The summed E-state index contributed by atoms with van der Waals surface area (Å²) in [6.45, 7) is 5.75. The first kappa shape index (κ1) is 16.6. The highest BCUT2D eigenvalue weighted by molar-refractivity contribution is 5.75. The van der Waals surface area contributed by atoms with E-state index in [0.29, 0.717) is 18.4 Å². The number of aromatic nitrogens is 4. The van der Waals surface area contributed by atoms with Gasteiger partial charge in [-0.25, -0.2) is 4.98 Å². The third kappa shape index (κ3) is 3.82. The summed E-state index contributed by atoms with van der Waals surface area (Å²) in [4.78, 5) is 11.3. The van der Waals surface area contributed by atoms with E-state index in [-0.39, 0.29) is 0 Å². The van der Waals surface area contributed by atoms with Crippen molar-refractivity contribution in [3.8, 4) is 0 Å². The van der Waals surface area contributed by atoms with Crippen LogP contribution in [0.25, 0.3) is 11.0 Å². The zero-order valence-electron chi connectivity index (χ0n) is 14.9. The molecule has 0 aliphatic carbocycles. The molecule has 0 aliphatic rings. The monoisotopic (exact) mass is 327 g/mol. The molecule has 6 nitrogen and oxygen atoms in total. The molecule has 2 aromatic heterocycles. The van der Waals surface area contributed by atoms with Crippen LogP contribution in [0.5, 0.6) is 0 Å². The molecule has 0 radical (unpaired) electrons. The SMILES string of the molecule is CC(C)CCc1noc(CN(C)Cc2nc3ccccc3n2C)n1. The third-order valence-corrected chi connectivity index (χ3v) is 4.15. The Morgan fingerprint density at radius 3 is 2.71 bits per heavy atom. The smallest absolute Gasteiger partial charge is 0.240 e. The summed E-state index contributed by atoms with van der Waals surface area (Å²) >= 11 is 0. The lowest BCUT2D eigenvalue weighted by Gasteiger charge is -2.13. The van der Waals surface area contributed by atoms with E-state index in [4.69, 9.17) is 9.51 Å². The van der Waals surface area contributed by atoms with E-state index in [2.05, 4.69) is 46.6 Å². The van der Waals surface area contributed by atoms with Crippen molar-refractivity contribution < 1.29 is 4.52 Å². The predicted molar refractivity (Wildman–Crippen MR) is 93.3 cm³/mol. The van der Waals surface area contributed by atoms with E-state index in [0.717, 1.165) is 42.1 Å². The minimum Gasteiger partial charge on any atom is -0.338 e. The van der Waals surface area contributed by atoms with Crippen molar-refractivity contribution >= 4 is 11.0 Å². The fourth-order valence-electron chi connectivity index (χ4n) is 2.74. The molecule has 0 unspecified atom stereocenters. The van der Waals surface area contributed by atoms with Gasteiger partial charge in [0.2, 0.25) is 5.89 Å². The molecule has 6 heteroatoms. The Morgan fingerprint density at radius 2 is 1.96 bits per heavy atom. The molecule has 0 spiro atoms. The van der Waals surface area contributed by atoms with Crippen LogP contribution in [0, 0.1) is 5.92 Å². The molecule has 3 aromatic rings. The fraction of sp³-hybridized carbons (Fsp3) is 0.500. The second-order valence-corrected chi connectivity index (χ2v) is 6.78. The Morgan fingerprint density at radius 1 is 1.17 bits per heavy atom. The van der Waals surface area contributed by atoms with Gasteiger partial charge in [0.25, 0.3) is 0 Å². The van der Waals surface area contributed by atoms with Gasteiger partial charge in [-0.15, -0.1) is 0 Å². The standard InChI is InChI=1S/C18H25N5O/c1-13(2)9-10-16-20-18(24-21-16)12-22(3)11-17-19-14-7-5-6-8-15(14)23(17)4/h5-8,13H,9-12H2,1-4H3. The molecule has 128 valence electrons. The lowest BCUT2D eigenvalue weighted by Crippen LogP contribution is -2.19. The van der Waals surface area contributed by atoms with Gasteiger partial charge >= 0.3 is 0 Å². The van der Waals surface area contributed by atoms with Gasteiger partial charge in [0.05, 0.1) is 24.1 Å². The van der Waals surface area contributed by atoms with Gasteiger partial charge in [-0.1, -0.05) is 31.1 Å². The highest BCUT2D eigenvalue weighted by Crippen LogP contribution is 2.16. The van der Waals surface area contributed by atoms with Crippen molar-refractivity contribution in [3.05, 3.63) is 41.8 Å². The number of fused-ring (bicyclic) bond motifs is 1. The molecule has 1 aromatic carbocycles. The van der Waals surface area contributed by atoms with E-state index in [9.17, 15) is 0 Å². The van der Waals surface area contributed by atoms with Crippen molar-refractivity contribution in [2.45, 2.75) is 39.8 Å². The van der Waals surface area contributed by atoms with E-state index < -0.39 is 0 Å². The summed E-state index contributed by atoms with van der Waals surface area (Å²) in [5.41, 5.74) is 2.17. The zero-order valence-corrected chi connectivity index (χ0v) is 14.9. The van der Waals surface area contributed by atoms with Crippen molar-refractivity contribution in [1.29, 1.82) is 0 Å². The number of hydrogen-bond acceptors (Lipinski definition) is 5. The minimum absolute atomic E-state index is 0.623. The van der Waals surface area contributed by atoms with Crippen LogP contribution < -0.4 is 0 Å². The van der Waals surface area contributed by atoms with Crippen LogP contribution in [0.1, 0.15) is 37.8 Å². The van der Waals surface area contributed by atoms with Crippen LogP contribution in [0.2, 0.25) is 0 Å². The Balaban J connectivity index is 1.62. The number of aryl methyl sites for hydroxylation is 2. The van der Waals surface area contributed by atoms with Gasteiger partial charge in [0.15, 0.2) is 5.82 Å². The van der Waals surface area contributed by atoms with Crippen LogP contribution in [0.4, 0.5) is 0 Å². The normalized spacial score (nSPS) is 11.9. The molecule has 0 amide bonds. The molecular weight excluding hydrogens is 302 g/mol. The first-order valence-corrected chi connectivity index (χ1v) is 8.43. The Bertz CT molecular complexity index is 805. The molecule has 3 rings (SSSR count). The first-order chi connectivity index (χ1) is 11.5. The van der Waals surface area contributed by atoms with Gasteiger partial charge < -0.3 is 9.09 Å². The van der Waals surface area contributed by atoms with Crippen LogP contribution in [0.15, 0.2) is 28.8 Å². The predicted octanol–water partition coefficient (Wildman–Crippen LogP) is 3.18. The summed E-state index contributed by atoms with van der Waals surface area (Å²) in [5.74, 6) is 3.13. The minimum atomic E-state index is 0.623. The van der Waals surface area contributed by atoms with E-state index in [1.807, 2.05) is 25.2 Å². The molecule has 24 heavy (non-hydrogen) atoms. The van der Waals surface area contributed by atoms with Crippen LogP contribution in [-0.4, -0.2) is 31.6 Å². The molecule has 0 saturated heterocycles. The second-order valence-electron chi connectivity index (χ2n) is 6.78. The maximum Gasteiger partial charge on any atom is 0.240 e. The molecule has 0 fully saturated rings. The molecule has 0 saturated carbocycles. The van der Waals surface area contributed by atoms with Crippen molar-refractivity contribution in [1.82, 2.24) is 24.6 Å². The molecule has 0 N–H and O–H groups in total. The summed E-state index contributed by atoms with van der Waals surface area (Å²) in [6.07, 6.45) is 1.95. The first-order valence-electron chi connectivity index (χ1n) is 8.43. The summed E-state index contributed by atoms with van der Waals surface area (Å²) < 4.78 is 7.50. The van der Waals surface area contributed by atoms with Crippen LogP contribution in [0.3, 0.4) is 0 Å². The number of para-hydroxylation sites is 2. The van der Waals surface area contributed by atoms with Crippen LogP contribution in [-0.2, 0) is 26.6 Å². The maximum atomic E-state index is 5.36. The summed E-state index contributed by atoms with van der Waals surface area (Å²) in [5, 5.41) is 4.07. The maximum absolute atomic E-state index is 5.36. The van der Waals surface area contributed by atoms with E-state index in [1.165, 1.54) is 0 Å². The summed E-state index contributed by atoms with van der Waals surface area (Å²) in [7, 11) is 4.09. The largest absolute Gasteiger partial charge is 0.338 e. The number of imidazole rings is 1. The number of rotatable bonds is 7. The number of nitrogens with zero attached hydrogens (tertiary/aromatic N) is 5. The number of hydrogen-bond donors (Lipinski definition) is 0. The topological polar surface area (TPSA) is 60.0 Å². The van der Waals surface area contributed by atoms with Gasteiger partial charge in [0.1, 0.15) is 5.82 Å². The summed E-state index contributed by atoms with van der Waals surface area (Å²) in [6, 6.07) is 8.18. The Kier molecular flexibility index (Phi) is 4.94. The number of benzene rings is 1. The Hall–Kier alpha value is -2.21. The van der Waals surface area contributed by atoms with Gasteiger partial charge in [-0.3, -0.25) is 4.90 Å². The second kappa shape index (κ2) is 7.13. The molecular formula is C18H25N5O. The van der Waals surface area contributed by atoms with Crippen molar-refractivity contribution in [2.24, 2.45) is 13.0 Å². The quantitative estimate of drug-likeness (QED) is 0.667. The fourth-order valence-corrected chi connectivity index (χ4v) is 2.74. The molecule has 2 heterocycles. The highest BCUT2D eigenvalue weighted by atomic mass is 16.5. The molecule has 0 bridgehead atoms. The Labute approximate surface area is 142 Å². The van der Waals surface area contributed by atoms with Crippen molar-refractivity contribution in [3.63, 3.8) is 0 Å². The third-order valence-electron chi connectivity index (χ3n) is 4.15. The molecule has 0 atom stereocenters. The van der Waals surface area contributed by atoms with Gasteiger partial charge in [0, 0.05) is 13.5 Å². The van der Waals surface area contributed by atoms with Gasteiger partial charge in [-0.2, -0.15) is 4.98 Å².